The summed E-state index contributed by atoms with van der Waals surface area (Å²) < 4.78 is 1.95. The summed E-state index contributed by atoms with van der Waals surface area (Å²) in [6.45, 7) is 7.74. The Morgan fingerprint density at radius 3 is 2.82 bits per heavy atom. The first kappa shape index (κ1) is 15.0. The van der Waals surface area contributed by atoms with Crippen LogP contribution in [0.1, 0.15) is 42.6 Å². The van der Waals surface area contributed by atoms with Crippen molar-refractivity contribution in [1.29, 1.82) is 0 Å². The highest BCUT2D eigenvalue weighted by Crippen LogP contribution is 2.23. The van der Waals surface area contributed by atoms with Gasteiger partial charge in [-0.25, -0.2) is 4.98 Å². The summed E-state index contributed by atoms with van der Waals surface area (Å²) in [5, 5.41) is 0. The summed E-state index contributed by atoms with van der Waals surface area (Å²) >= 11 is 0. The van der Waals surface area contributed by atoms with Crippen molar-refractivity contribution in [3.8, 4) is 0 Å². The van der Waals surface area contributed by atoms with Gasteiger partial charge in [-0.2, -0.15) is 0 Å². The number of likely N-dealkylation sites (tertiary alicyclic amines) is 1. The molecule has 6 heteroatoms. The SMILES string of the molecule is CC(=O)c1cnc2n1C(C)CN(C(=O)/C=C/CN1CCC1)C2. The Hall–Kier alpha value is -1.95. The molecule has 0 radical (unpaired) electrons. The molecule has 0 N–H and O–H groups in total. The summed E-state index contributed by atoms with van der Waals surface area (Å²) in [6, 6.07) is 0.0675. The zero-order valence-corrected chi connectivity index (χ0v) is 13.2. The Morgan fingerprint density at radius 2 is 2.18 bits per heavy atom. The Balaban J connectivity index is 1.66. The maximum absolute atomic E-state index is 12.3. The molecule has 1 unspecified atom stereocenters. The predicted molar refractivity (Wildman–Crippen MR) is 82.6 cm³/mol. The standard InChI is InChI=1S/C16H22N4O2/c1-12-10-19(16(22)5-3-6-18-7-4-8-18)11-15-17-9-14(13(2)21)20(12)15/h3,5,9,12H,4,6-8,10-11H2,1-2H3/b5-3+. The monoisotopic (exact) mass is 302 g/mol. The number of aromatic nitrogens is 2. The van der Waals surface area contributed by atoms with Gasteiger partial charge in [-0.05, 0) is 26.4 Å². The van der Waals surface area contributed by atoms with E-state index in [9.17, 15) is 9.59 Å². The molecule has 1 aromatic rings. The van der Waals surface area contributed by atoms with Crippen molar-refractivity contribution in [2.24, 2.45) is 0 Å². The zero-order valence-electron chi connectivity index (χ0n) is 13.2. The minimum absolute atomic E-state index is 0.0137. The van der Waals surface area contributed by atoms with Gasteiger partial charge in [0.2, 0.25) is 5.91 Å². The highest BCUT2D eigenvalue weighted by molar-refractivity contribution is 5.92. The van der Waals surface area contributed by atoms with Gasteiger partial charge >= 0.3 is 0 Å². The number of amides is 1. The molecule has 1 fully saturated rings. The molecular formula is C16H22N4O2. The first-order chi connectivity index (χ1) is 10.6. The van der Waals surface area contributed by atoms with Crippen LogP contribution < -0.4 is 0 Å². The number of nitrogens with zero attached hydrogens (tertiary/aromatic N) is 4. The molecule has 2 aliphatic rings. The number of ketones is 1. The van der Waals surface area contributed by atoms with Crippen molar-refractivity contribution in [2.45, 2.75) is 32.9 Å². The largest absolute Gasteiger partial charge is 0.330 e. The molecule has 3 heterocycles. The molecule has 0 aromatic carbocycles. The highest BCUT2D eigenvalue weighted by Gasteiger charge is 2.28. The second kappa shape index (κ2) is 6.04. The van der Waals surface area contributed by atoms with Crippen molar-refractivity contribution in [2.75, 3.05) is 26.2 Å². The lowest BCUT2D eigenvalue weighted by atomic mass is 10.2. The molecular weight excluding hydrogens is 280 g/mol. The average Bonchev–Trinajstić information content (AvgIpc) is 2.85. The van der Waals surface area contributed by atoms with Crippen LogP contribution in [0.25, 0.3) is 0 Å². The van der Waals surface area contributed by atoms with E-state index in [4.69, 9.17) is 0 Å². The van der Waals surface area contributed by atoms with Crippen molar-refractivity contribution in [3.63, 3.8) is 0 Å². The minimum Gasteiger partial charge on any atom is -0.330 e. The van der Waals surface area contributed by atoms with Crippen LogP contribution in [0.4, 0.5) is 0 Å². The molecule has 1 amide bonds. The van der Waals surface area contributed by atoms with Crippen LogP contribution in [0.15, 0.2) is 18.3 Å². The van der Waals surface area contributed by atoms with Crippen LogP contribution in [0.2, 0.25) is 0 Å². The fourth-order valence-corrected chi connectivity index (χ4v) is 3.04. The van der Waals surface area contributed by atoms with Gasteiger partial charge in [-0.1, -0.05) is 6.08 Å². The van der Waals surface area contributed by atoms with Crippen molar-refractivity contribution in [3.05, 3.63) is 29.9 Å². The van der Waals surface area contributed by atoms with Gasteiger partial charge < -0.3 is 9.47 Å². The second-order valence-electron chi connectivity index (χ2n) is 6.11. The molecule has 118 valence electrons. The topological polar surface area (TPSA) is 58.4 Å². The summed E-state index contributed by atoms with van der Waals surface area (Å²) in [6.07, 6.45) is 6.47. The number of fused-ring (bicyclic) bond motifs is 1. The van der Waals surface area contributed by atoms with Gasteiger partial charge in [-0.3, -0.25) is 14.5 Å². The molecule has 0 aliphatic carbocycles. The molecule has 1 aromatic heterocycles. The van der Waals surface area contributed by atoms with E-state index >= 15 is 0 Å². The number of carbonyl (C=O) groups excluding carboxylic acids is 2. The van der Waals surface area contributed by atoms with E-state index in [2.05, 4.69) is 9.88 Å². The van der Waals surface area contributed by atoms with Gasteiger partial charge in [0.25, 0.3) is 0 Å². The van der Waals surface area contributed by atoms with Crippen LogP contribution in [-0.2, 0) is 11.3 Å². The summed E-state index contributed by atoms with van der Waals surface area (Å²) in [5.74, 6) is 0.819. The number of Topliss-reactive ketones (excluding diaryl/α,β-unsaturated/α-hetero) is 1. The molecule has 2 aliphatic heterocycles. The van der Waals surface area contributed by atoms with E-state index < -0.39 is 0 Å². The zero-order chi connectivity index (χ0) is 15.7. The van der Waals surface area contributed by atoms with Crippen LogP contribution in [0.3, 0.4) is 0 Å². The van der Waals surface area contributed by atoms with Crippen molar-refractivity contribution < 1.29 is 9.59 Å². The Bertz CT molecular complexity index is 616. The lowest BCUT2D eigenvalue weighted by molar-refractivity contribution is -0.128. The van der Waals surface area contributed by atoms with E-state index in [1.54, 1.807) is 24.1 Å². The van der Waals surface area contributed by atoms with E-state index in [0.29, 0.717) is 18.8 Å². The third kappa shape index (κ3) is 2.83. The van der Waals surface area contributed by atoms with E-state index in [1.807, 2.05) is 17.6 Å². The molecule has 0 spiro atoms. The Kier molecular flexibility index (Phi) is 4.11. The van der Waals surface area contributed by atoms with Crippen molar-refractivity contribution in [1.82, 2.24) is 19.4 Å². The smallest absolute Gasteiger partial charge is 0.246 e. The maximum atomic E-state index is 12.3. The van der Waals surface area contributed by atoms with Gasteiger partial charge in [0.1, 0.15) is 11.5 Å². The van der Waals surface area contributed by atoms with Crippen LogP contribution in [0, 0.1) is 0 Å². The van der Waals surface area contributed by atoms with E-state index in [1.165, 1.54) is 6.42 Å². The van der Waals surface area contributed by atoms with Gasteiger partial charge in [0, 0.05) is 26.1 Å². The first-order valence-electron chi connectivity index (χ1n) is 7.81. The van der Waals surface area contributed by atoms with E-state index in [0.717, 1.165) is 25.5 Å². The highest BCUT2D eigenvalue weighted by atomic mass is 16.2. The lowest BCUT2D eigenvalue weighted by Crippen LogP contribution is -2.40. The molecule has 0 saturated carbocycles. The van der Waals surface area contributed by atoms with Crippen LogP contribution in [0.5, 0.6) is 0 Å². The lowest BCUT2D eigenvalue weighted by Gasteiger charge is -2.32. The minimum atomic E-state index is 0.0137. The summed E-state index contributed by atoms with van der Waals surface area (Å²) in [4.78, 5) is 32.3. The fourth-order valence-electron chi connectivity index (χ4n) is 3.04. The van der Waals surface area contributed by atoms with Crippen molar-refractivity contribution >= 4 is 11.7 Å². The van der Waals surface area contributed by atoms with Crippen LogP contribution in [-0.4, -0.2) is 57.2 Å². The second-order valence-corrected chi connectivity index (χ2v) is 6.11. The number of hydrogen-bond acceptors (Lipinski definition) is 4. The third-order valence-corrected chi connectivity index (χ3v) is 4.38. The summed E-state index contributed by atoms with van der Waals surface area (Å²) in [7, 11) is 0. The molecule has 0 bridgehead atoms. The van der Waals surface area contributed by atoms with Crippen LogP contribution >= 0.6 is 0 Å². The van der Waals surface area contributed by atoms with E-state index in [-0.39, 0.29) is 17.7 Å². The number of rotatable bonds is 4. The fraction of sp³-hybridized carbons (Fsp3) is 0.562. The van der Waals surface area contributed by atoms with Gasteiger partial charge in [0.05, 0.1) is 18.8 Å². The van der Waals surface area contributed by atoms with Gasteiger partial charge in [0.15, 0.2) is 5.78 Å². The Labute approximate surface area is 130 Å². The normalized spacial score (nSPS) is 21.7. The summed E-state index contributed by atoms with van der Waals surface area (Å²) in [5.41, 5.74) is 0.628. The molecule has 22 heavy (non-hydrogen) atoms. The Morgan fingerprint density at radius 1 is 1.41 bits per heavy atom. The maximum Gasteiger partial charge on any atom is 0.246 e. The predicted octanol–water partition coefficient (Wildman–Crippen LogP) is 1.25. The molecule has 3 rings (SSSR count). The molecule has 1 atom stereocenters. The van der Waals surface area contributed by atoms with Gasteiger partial charge in [-0.15, -0.1) is 0 Å². The first-order valence-corrected chi connectivity index (χ1v) is 7.81. The number of hydrogen-bond donors (Lipinski definition) is 0. The quantitative estimate of drug-likeness (QED) is 0.620. The molecule has 6 nitrogen and oxygen atoms in total. The average molecular weight is 302 g/mol. The number of imidazole rings is 1. The molecule has 1 saturated heterocycles. The third-order valence-electron chi connectivity index (χ3n) is 4.38. The number of carbonyl (C=O) groups is 2.